The van der Waals surface area contributed by atoms with Crippen molar-refractivity contribution in [2.45, 2.75) is 19.0 Å². The Kier molecular flexibility index (Phi) is 7.45. The van der Waals surface area contributed by atoms with Gasteiger partial charge in [-0.3, -0.25) is 4.79 Å². The van der Waals surface area contributed by atoms with Crippen LogP contribution < -0.4 is 0 Å². The fraction of sp³-hybridized carbons (Fsp3) is 0.900. The number of aliphatic carboxylic acids is 1. The summed E-state index contributed by atoms with van der Waals surface area (Å²) in [6.07, 6.45) is -6.21. The molecule has 0 heterocycles. The van der Waals surface area contributed by atoms with Gasteiger partial charge in [0.1, 0.15) is 6.54 Å². The van der Waals surface area contributed by atoms with Gasteiger partial charge in [-0.2, -0.15) is 17.5 Å². The average molecular weight is 320 g/mol. The van der Waals surface area contributed by atoms with Gasteiger partial charge in [0.15, 0.2) is 0 Å². The van der Waals surface area contributed by atoms with Crippen LogP contribution in [-0.4, -0.2) is 74.4 Å². The Morgan fingerprint density at radius 1 is 1.20 bits per heavy atom. The first-order valence-corrected chi connectivity index (χ1v) is 7.46. The predicted molar refractivity (Wildman–Crippen MR) is 66.8 cm³/mol. The van der Waals surface area contributed by atoms with Crippen LogP contribution in [0.15, 0.2) is 0 Å². The van der Waals surface area contributed by atoms with Crippen molar-refractivity contribution in [1.29, 1.82) is 0 Å². The predicted octanol–water partition coefficient (Wildman–Crippen LogP) is 0.607. The zero-order valence-corrected chi connectivity index (χ0v) is 12.2. The first-order chi connectivity index (χ1) is 8.94. The van der Waals surface area contributed by atoms with Crippen molar-refractivity contribution in [3.8, 4) is 0 Å². The van der Waals surface area contributed by atoms with Crippen LogP contribution in [0.25, 0.3) is 0 Å². The molecule has 0 aromatic heterocycles. The van der Waals surface area contributed by atoms with E-state index < -0.39 is 47.3 Å². The first kappa shape index (κ1) is 19.1. The fourth-order valence-corrected chi connectivity index (χ4v) is 2.80. The van der Waals surface area contributed by atoms with Crippen LogP contribution in [0.1, 0.15) is 12.8 Å². The van der Waals surface area contributed by atoms with Crippen LogP contribution in [0.5, 0.6) is 0 Å². The molecule has 10 heteroatoms. The highest BCUT2D eigenvalue weighted by molar-refractivity contribution is 7.89. The van der Waals surface area contributed by atoms with Crippen molar-refractivity contribution in [1.82, 2.24) is 9.21 Å². The summed E-state index contributed by atoms with van der Waals surface area (Å²) < 4.78 is 60.3. The summed E-state index contributed by atoms with van der Waals surface area (Å²) in [7, 11) is -0.658. The second-order valence-electron chi connectivity index (χ2n) is 4.57. The molecule has 1 N–H and O–H groups in total. The number of rotatable bonds is 9. The number of alkyl halides is 3. The lowest BCUT2D eigenvalue weighted by molar-refractivity contribution is -0.137. The Labute approximate surface area is 116 Å². The van der Waals surface area contributed by atoms with Gasteiger partial charge in [-0.15, -0.1) is 0 Å². The number of sulfonamides is 1. The molecule has 0 bridgehead atoms. The largest absolute Gasteiger partial charge is 0.480 e. The molecule has 0 aromatic carbocycles. The Morgan fingerprint density at radius 3 is 2.15 bits per heavy atom. The Morgan fingerprint density at radius 2 is 1.75 bits per heavy atom. The van der Waals surface area contributed by atoms with Gasteiger partial charge >= 0.3 is 12.1 Å². The highest BCUT2D eigenvalue weighted by atomic mass is 32.2. The van der Waals surface area contributed by atoms with E-state index in [1.54, 1.807) is 19.0 Å². The third kappa shape index (κ3) is 9.10. The summed E-state index contributed by atoms with van der Waals surface area (Å²) in [6, 6.07) is 0. The third-order valence-electron chi connectivity index (χ3n) is 2.36. The van der Waals surface area contributed by atoms with E-state index in [0.29, 0.717) is 4.31 Å². The minimum absolute atomic E-state index is 0.0757. The topological polar surface area (TPSA) is 77.9 Å². The lowest BCUT2D eigenvalue weighted by atomic mass is 10.3. The highest BCUT2D eigenvalue weighted by Crippen LogP contribution is 2.22. The molecule has 0 saturated carbocycles. The van der Waals surface area contributed by atoms with Crippen molar-refractivity contribution in [3.05, 3.63) is 0 Å². The van der Waals surface area contributed by atoms with Gasteiger partial charge in [0.05, 0.1) is 5.75 Å². The minimum atomic E-state index is -4.42. The average Bonchev–Trinajstić information content (AvgIpc) is 2.20. The monoisotopic (exact) mass is 320 g/mol. The number of nitrogens with zero attached hydrogens (tertiary/aromatic N) is 2. The van der Waals surface area contributed by atoms with Crippen molar-refractivity contribution < 1.29 is 31.5 Å². The number of hydrogen-bond acceptors (Lipinski definition) is 4. The number of likely N-dealkylation sites (N-methyl/N-ethyl adjacent to an activating group) is 1. The summed E-state index contributed by atoms with van der Waals surface area (Å²) >= 11 is 0. The molecule has 0 aliphatic heterocycles. The quantitative estimate of drug-likeness (QED) is 0.673. The van der Waals surface area contributed by atoms with E-state index >= 15 is 0 Å². The molecular formula is C10H19F3N2O4S. The zero-order chi connectivity index (χ0) is 16.0. The number of carboxylic acid groups (broad SMARTS) is 1. The molecule has 0 unspecified atom stereocenters. The summed E-state index contributed by atoms with van der Waals surface area (Å²) in [4.78, 5) is 12.3. The van der Waals surface area contributed by atoms with Gasteiger partial charge < -0.3 is 10.0 Å². The molecule has 20 heavy (non-hydrogen) atoms. The lowest BCUT2D eigenvalue weighted by Gasteiger charge is -2.22. The maximum atomic E-state index is 12.0. The normalized spacial score (nSPS) is 13.2. The molecule has 0 aliphatic rings. The van der Waals surface area contributed by atoms with Gasteiger partial charge in [-0.25, -0.2) is 8.42 Å². The van der Waals surface area contributed by atoms with E-state index in [1.165, 1.54) is 0 Å². The number of carboxylic acids is 1. The van der Waals surface area contributed by atoms with Crippen LogP contribution in [0.4, 0.5) is 13.2 Å². The Balaban J connectivity index is 4.63. The van der Waals surface area contributed by atoms with Crippen LogP contribution in [0, 0.1) is 0 Å². The van der Waals surface area contributed by atoms with Crippen molar-refractivity contribution >= 4 is 16.0 Å². The second-order valence-corrected chi connectivity index (χ2v) is 6.65. The van der Waals surface area contributed by atoms with Crippen LogP contribution in [0.3, 0.4) is 0 Å². The molecule has 6 nitrogen and oxygen atoms in total. The zero-order valence-electron chi connectivity index (χ0n) is 11.4. The lowest BCUT2D eigenvalue weighted by Crippen LogP contribution is -2.41. The smallest absolute Gasteiger partial charge is 0.389 e. The molecule has 0 fully saturated rings. The molecule has 0 radical (unpaired) electrons. The molecule has 0 amide bonds. The number of halogens is 3. The Bertz CT molecular complexity index is 409. The summed E-state index contributed by atoms with van der Waals surface area (Å²) in [6.45, 7) is -0.540. The second kappa shape index (κ2) is 7.79. The van der Waals surface area contributed by atoms with Crippen LogP contribution in [0.2, 0.25) is 0 Å². The molecule has 0 aliphatic carbocycles. The fourth-order valence-electron chi connectivity index (χ4n) is 1.36. The van der Waals surface area contributed by atoms with E-state index in [9.17, 15) is 26.4 Å². The van der Waals surface area contributed by atoms with Gasteiger partial charge in [-0.05, 0) is 20.5 Å². The minimum Gasteiger partial charge on any atom is -0.480 e. The van der Waals surface area contributed by atoms with Crippen LogP contribution in [-0.2, 0) is 14.8 Å². The standard InChI is InChI=1S/C10H19F3N2O4S/c1-14(2)5-6-15(8-9(16)17)20(18,19)7-3-4-10(11,12)13/h3-8H2,1-2H3,(H,16,17). The van der Waals surface area contributed by atoms with E-state index in [0.717, 1.165) is 0 Å². The molecule has 0 aromatic rings. The molecule has 0 saturated heterocycles. The SMILES string of the molecule is CN(C)CCN(CC(=O)O)S(=O)(=O)CCCC(F)(F)F. The molecular weight excluding hydrogens is 301 g/mol. The first-order valence-electron chi connectivity index (χ1n) is 5.85. The van der Waals surface area contributed by atoms with Gasteiger partial charge in [0.25, 0.3) is 0 Å². The molecule has 0 spiro atoms. The summed E-state index contributed by atoms with van der Waals surface area (Å²) in [5, 5.41) is 8.67. The van der Waals surface area contributed by atoms with Gasteiger partial charge in [-0.1, -0.05) is 0 Å². The molecule has 0 atom stereocenters. The van der Waals surface area contributed by atoms with E-state index in [1.807, 2.05) is 0 Å². The van der Waals surface area contributed by atoms with Crippen LogP contribution >= 0.6 is 0 Å². The maximum absolute atomic E-state index is 12.0. The number of hydrogen-bond donors (Lipinski definition) is 1. The van der Waals surface area contributed by atoms with Crippen molar-refractivity contribution in [3.63, 3.8) is 0 Å². The highest BCUT2D eigenvalue weighted by Gasteiger charge is 2.29. The summed E-state index contributed by atoms with van der Waals surface area (Å²) in [5.74, 6) is -2.06. The van der Waals surface area contributed by atoms with Crippen molar-refractivity contribution in [2.75, 3.05) is 39.5 Å². The molecule has 0 rings (SSSR count). The van der Waals surface area contributed by atoms with E-state index in [4.69, 9.17) is 5.11 Å². The van der Waals surface area contributed by atoms with E-state index in [2.05, 4.69) is 0 Å². The van der Waals surface area contributed by atoms with Crippen molar-refractivity contribution in [2.24, 2.45) is 0 Å². The van der Waals surface area contributed by atoms with E-state index in [-0.39, 0.29) is 13.1 Å². The van der Waals surface area contributed by atoms with Gasteiger partial charge in [0, 0.05) is 19.5 Å². The third-order valence-corrected chi connectivity index (χ3v) is 4.27. The maximum Gasteiger partial charge on any atom is 0.389 e. The number of carbonyl (C=O) groups is 1. The molecule has 120 valence electrons. The summed E-state index contributed by atoms with van der Waals surface area (Å²) in [5.41, 5.74) is 0. The van der Waals surface area contributed by atoms with Gasteiger partial charge in [0.2, 0.25) is 10.0 Å². The Hall–Kier alpha value is -0.870.